The average molecular weight is 341 g/mol. The van der Waals surface area contributed by atoms with Crippen molar-refractivity contribution in [2.24, 2.45) is 5.92 Å². The van der Waals surface area contributed by atoms with Gasteiger partial charge in [-0.25, -0.2) is 4.98 Å². The van der Waals surface area contributed by atoms with E-state index in [0.717, 1.165) is 10.2 Å². The van der Waals surface area contributed by atoms with Gasteiger partial charge in [0.1, 0.15) is 0 Å². The predicted octanol–water partition coefficient (Wildman–Crippen LogP) is 3.58. The van der Waals surface area contributed by atoms with E-state index in [-0.39, 0.29) is 16.9 Å². The molecule has 1 aliphatic heterocycles. The summed E-state index contributed by atoms with van der Waals surface area (Å²) in [7, 11) is 0. The molecule has 0 saturated carbocycles. The standard InChI is InChI=1S/C14H13ClN2O2S2/c1-8(18)20-7-9-4-13(19)17(6-9)14-16-11-5-10(15)2-3-12(11)21-14/h2-3,5,9H,4,6-7H2,1H3. The molecular formula is C14H13ClN2O2S2. The van der Waals surface area contributed by atoms with E-state index >= 15 is 0 Å². The number of halogens is 1. The zero-order valence-electron chi connectivity index (χ0n) is 11.3. The predicted molar refractivity (Wildman–Crippen MR) is 88.2 cm³/mol. The summed E-state index contributed by atoms with van der Waals surface area (Å²) >= 11 is 8.74. The zero-order valence-corrected chi connectivity index (χ0v) is 13.7. The number of amides is 1. The molecule has 1 amide bonds. The highest BCUT2D eigenvalue weighted by Crippen LogP contribution is 2.34. The van der Waals surface area contributed by atoms with Gasteiger partial charge < -0.3 is 0 Å². The molecule has 7 heteroatoms. The van der Waals surface area contributed by atoms with Crippen LogP contribution in [0.4, 0.5) is 5.13 Å². The number of benzene rings is 1. The molecule has 1 aromatic heterocycles. The summed E-state index contributed by atoms with van der Waals surface area (Å²) in [6.07, 6.45) is 0.483. The molecule has 0 aliphatic carbocycles. The van der Waals surface area contributed by atoms with E-state index in [1.165, 1.54) is 23.1 Å². The maximum Gasteiger partial charge on any atom is 0.229 e. The molecule has 0 spiro atoms. The van der Waals surface area contributed by atoms with Gasteiger partial charge in [0.05, 0.1) is 10.2 Å². The van der Waals surface area contributed by atoms with Crippen LogP contribution in [0.15, 0.2) is 18.2 Å². The number of carbonyl (C=O) groups is 2. The lowest BCUT2D eigenvalue weighted by atomic mass is 10.1. The van der Waals surface area contributed by atoms with Gasteiger partial charge in [-0.15, -0.1) is 0 Å². The first kappa shape index (κ1) is 14.8. The van der Waals surface area contributed by atoms with E-state index in [1.54, 1.807) is 17.9 Å². The third-order valence-corrected chi connectivity index (χ3v) is 5.64. The summed E-state index contributed by atoms with van der Waals surface area (Å²) in [5, 5.41) is 1.45. The highest BCUT2D eigenvalue weighted by Gasteiger charge is 2.32. The van der Waals surface area contributed by atoms with Gasteiger partial charge in [0.15, 0.2) is 10.2 Å². The number of thioether (sulfide) groups is 1. The molecule has 1 atom stereocenters. The van der Waals surface area contributed by atoms with E-state index in [4.69, 9.17) is 11.6 Å². The van der Waals surface area contributed by atoms with Gasteiger partial charge in [-0.1, -0.05) is 34.7 Å². The molecular weight excluding hydrogens is 328 g/mol. The number of fused-ring (bicyclic) bond motifs is 1. The third kappa shape index (κ3) is 3.22. The van der Waals surface area contributed by atoms with Crippen molar-refractivity contribution in [3.63, 3.8) is 0 Å². The topological polar surface area (TPSA) is 50.3 Å². The Morgan fingerprint density at radius 3 is 3.14 bits per heavy atom. The van der Waals surface area contributed by atoms with Crippen LogP contribution in [0.1, 0.15) is 13.3 Å². The number of carbonyl (C=O) groups excluding carboxylic acids is 2. The lowest BCUT2D eigenvalue weighted by molar-refractivity contribution is -0.117. The summed E-state index contributed by atoms with van der Waals surface area (Å²) in [6.45, 7) is 2.18. The van der Waals surface area contributed by atoms with Crippen LogP contribution in [-0.2, 0) is 9.59 Å². The third-order valence-electron chi connectivity index (χ3n) is 3.30. The lowest BCUT2D eigenvalue weighted by Gasteiger charge is -2.12. The molecule has 3 rings (SSSR count). The molecule has 1 aliphatic rings. The van der Waals surface area contributed by atoms with Crippen molar-refractivity contribution in [1.82, 2.24) is 4.98 Å². The van der Waals surface area contributed by atoms with Crippen LogP contribution in [0.2, 0.25) is 5.02 Å². The summed E-state index contributed by atoms with van der Waals surface area (Å²) in [6, 6.07) is 5.55. The number of hydrogen-bond acceptors (Lipinski definition) is 5. The normalized spacial score (nSPS) is 18.7. The fraction of sp³-hybridized carbons (Fsp3) is 0.357. The second-order valence-corrected chi connectivity index (χ2v) is 7.63. The Kier molecular flexibility index (Phi) is 4.19. The zero-order chi connectivity index (χ0) is 15.0. The molecule has 1 fully saturated rings. The molecule has 1 saturated heterocycles. The van der Waals surface area contributed by atoms with Crippen LogP contribution in [0, 0.1) is 5.92 Å². The molecule has 2 heterocycles. The summed E-state index contributed by atoms with van der Waals surface area (Å²) in [4.78, 5) is 29.4. The van der Waals surface area contributed by atoms with Crippen molar-refractivity contribution in [2.45, 2.75) is 13.3 Å². The van der Waals surface area contributed by atoms with Crippen LogP contribution < -0.4 is 4.90 Å². The number of hydrogen-bond donors (Lipinski definition) is 0. The van der Waals surface area contributed by atoms with E-state index in [1.807, 2.05) is 12.1 Å². The second-order valence-electron chi connectivity index (χ2n) is 4.99. The first-order valence-corrected chi connectivity index (χ1v) is 8.71. The summed E-state index contributed by atoms with van der Waals surface area (Å²) in [5.41, 5.74) is 0.817. The molecule has 4 nitrogen and oxygen atoms in total. The molecule has 1 aromatic carbocycles. The van der Waals surface area contributed by atoms with Crippen molar-refractivity contribution in [3.8, 4) is 0 Å². The molecule has 21 heavy (non-hydrogen) atoms. The highest BCUT2D eigenvalue weighted by molar-refractivity contribution is 8.13. The smallest absolute Gasteiger partial charge is 0.229 e. The van der Waals surface area contributed by atoms with Crippen LogP contribution >= 0.6 is 34.7 Å². The van der Waals surface area contributed by atoms with Crippen molar-refractivity contribution in [2.75, 3.05) is 17.2 Å². The minimum absolute atomic E-state index is 0.0781. The van der Waals surface area contributed by atoms with Gasteiger partial charge in [-0.3, -0.25) is 14.5 Å². The largest absolute Gasteiger partial charge is 0.288 e. The second kappa shape index (κ2) is 5.94. The molecule has 0 bridgehead atoms. The fourth-order valence-corrected chi connectivity index (χ4v) is 4.15. The van der Waals surface area contributed by atoms with Crippen molar-refractivity contribution < 1.29 is 9.59 Å². The molecule has 1 unspecified atom stereocenters. The maximum absolute atomic E-state index is 12.1. The lowest BCUT2D eigenvalue weighted by Crippen LogP contribution is -2.24. The Balaban J connectivity index is 1.79. The number of nitrogens with zero attached hydrogens (tertiary/aromatic N) is 2. The summed E-state index contributed by atoms with van der Waals surface area (Å²) < 4.78 is 1.02. The minimum Gasteiger partial charge on any atom is -0.288 e. The van der Waals surface area contributed by atoms with Crippen molar-refractivity contribution in [1.29, 1.82) is 0 Å². The number of thiazole rings is 1. The van der Waals surface area contributed by atoms with Gasteiger partial charge in [-0.05, 0) is 24.1 Å². The fourth-order valence-electron chi connectivity index (χ4n) is 2.32. The van der Waals surface area contributed by atoms with Gasteiger partial charge in [-0.2, -0.15) is 0 Å². The Hall–Kier alpha value is -1.11. The number of aromatic nitrogens is 1. The first-order valence-electron chi connectivity index (χ1n) is 6.53. The SMILES string of the molecule is CC(=O)SCC1CC(=O)N(c2nc3cc(Cl)ccc3s2)C1. The van der Waals surface area contributed by atoms with E-state index in [0.29, 0.717) is 28.9 Å². The molecule has 0 radical (unpaired) electrons. The van der Waals surface area contributed by atoms with E-state index in [2.05, 4.69) is 4.98 Å². The van der Waals surface area contributed by atoms with Gasteiger partial charge in [0.2, 0.25) is 5.91 Å². The van der Waals surface area contributed by atoms with Gasteiger partial charge in [0.25, 0.3) is 0 Å². The minimum atomic E-state index is 0.0781. The van der Waals surface area contributed by atoms with Gasteiger partial charge in [0, 0.05) is 30.7 Å². The molecule has 2 aromatic rings. The van der Waals surface area contributed by atoms with E-state index in [9.17, 15) is 9.59 Å². The van der Waals surface area contributed by atoms with Crippen LogP contribution in [0.3, 0.4) is 0 Å². The van der Waals surface area contributed by atoms with E-state index < -0.39 is 0 Å². The van der Waals surface area contributed by atoms with Crippen LogP contribution in [0.5, 0.6) is 0 Å². The van der Waals surface area contributed by atoms with Gasteiger partial charge >= 0.3 is 0 Å². The van der Waals surface area contributed by atoms with Crippen molar-refractivity contribution in [3.05, 3.63) is 23.2 Å². The molecule has 0 N–H and O–H groups in total. The monoisotopic (exact) mass is 340 g/mol. The Bertz CT molecular complexity index is 716. The van der Waals surface area contributed by atoms with Crippen molar-refractivity contribution >= 4 is 61.1 Å². The average Bonchev–Trinajstić information content (AvgIpc) is 2.99. The maximum atomic E-state index is 12.1. The number of anilines is 1. The highest BCUT2D eigenvalue weighted by atomic mass is 35.5. The first-order chi connectivity index (χ1) is 10.0. The molecule has 110 valence electrons. The van der Waals surface area contributed by atoms with Crippen LogP contribution in [-0.4, -0.2) is 28.3 Å². The Morgan fingerprint density at radius 1 is 1.57 bits per heavy atom. The number of rotatable bonds is 3. The Morgan fingerprint density at radius 2 is 2.38 bits per heavy atom. The quantitative estimate of drug-likeness (QED) is 0.856. The summed E-state index contributed by atoms with van der Waals surface area (Å²) in [5.74, 6) is 0.977. The Labute approximate surface area is 135 Å². The van der Waals surface area contributed by atoms with Crippen LogP contribution in [0.25, 0.3) is 10.2 Å².